The van der Waals surface area contributed by atoms with Gasteiger partial charge < -0.3 is 10.2 Å². The monoisotopic (exact) mass is 496 g/mol. The maximum Gasteiger partial charge on any atom is 0.243 e. The van der Waals surface area contributed by atoms with E-state index in [4.69, 9.17) is 0 Å². The number of aromatic nitrogens is 1. The Hall–Kier alpha value is -2.78. The third kappa shape index (κ3) is 4.97. The lowest BCUT2D eigenvalue weighted by Crippen LogP contribution is -2.43. The number of pyridine rings is 1. The number of hydrogen-bond donors (Lipinski definition) is 1. The number of carbonyl (C=O) groups excluding carboxylic acids is 2. The highest BCUT2D eigenvalue weighted by Gasteiger charge is 2.35. The van der Waals surface area contributed by atoms with Crippen LogP contribution in [0.5, 0.6) is 0 Å². The predicted octanol–water partition coefficient (Wildman–Crippen LogP) is 2.88. The first kappa shape index (κ1) is 23.9. The van der Waals surface area contributed by atoms with E-state index < -0.39 is 10.0 Å². The summed E-state index contributed by atoms with van der Waals surface area (Å²) in [6.07, 6.45) is 9.02. The van der Waals surface area contributed by atoms with Crippen LogP contribution in [-0.2, 0) is 32.6 Å². The normalized spacial score (nSPS) is 19.6. The zero-order valence-electron chi connectivity index (χ0n) is 19.9. The first-order valence-electron chi connectivity index (χ1n) is 12.5. The molecule has 0 bridgehead atoms. The molecule has 5 rings (SSSR count). The van der Waals surface area contributed by atoms with E-state index >= 15 is 0 Å². The number of nitrogens with one attached hydrogen (secondary N) is 1. The Morgan fingerprint density at radius 2 is 1.80 bits per heavy atom. The van der Waals surface area contributed by atoms with Crippen LogP contribution in [0.3, 0.4) is 0 Å². The Labute approximate surface area is 206 Å². The van der Waals surface area contributed by atoms with E-state index in [9.17, 15) is 18.0 Å². The summed E-state index contributed by atoms with van der Waals surface area (Å²) in [5, 5.41) is 2.94. The zero-order valence-corrected chi connectivity index (χ0v) is 20.7. The molecular weight excluding hydrogens is 464 g/mol. The quantitative estimate of drug-likeness (QED) is 0.663. The van der Waals surface area contributed by atoms with Crippen molar-refractivity contribution in [2.45, 2.75) is 56.4 Å². The number of sulfonamides is 1. The maximum absolute atomic E-state index is 13.4. The molecule has 0 unspecified atom stereocenters. The van der Waals surface area contributed by atoms with Gasteiger partial charge in [-0.15, -0.1) is 0 Å². The average Bonchev–Trinajstić information content (AvgIpc) is 2.86. The fourth-order valence-corrected chi connectivity index (χ4v) is 6.70. The van der Waals surface area contributed by atoms with Crippen LogP contribution in [0.15, 0.2) is 47.6 Å². The van der Waals surface area contributed by atoms with E-state index in [1.54, 1.807) is 30.6 Å². The van der Waals surface area contributed by atoms with Gasteiger partial charge in [-0.05, 0) is 73.9 Å². The number of rotatable bonds is 6. The minimum absolute atomic E-state index is 0.0455. The molecule has 1 N–H and O–H groups in total. The smallest absolute Gasteiger partial charge is 0.243 e. The number of aryl methyl sites for hydroxylation is 1. The molecule has 35 heavy (non-hydrogen) atoms. The molecule has 2 amide bonds. The largest absolute Gasteiger partial charge is 0.352 e. The van der Waals surface area contributed by atoms with E-state index in [0.717, 1.165) is 48.9 Å². The SMILES string of the molecule is O=C(NCc1cccnc1)C1CCN(S(=O)(=O)c2ccc3c(c2)CCCN3C(=O)C2CCC2)CC1. The van der Waals surface area contributed by atoms with E-state index in [2.05, 4.69) is 10.3 Å². The molecule has 1 saturated carbocycles. The molecule has 0 atom stereocenters. The molecule has 186 valence electrons. The molecule has 3 aliphatic rings. The Morgan fingerprint density at radius 1 is 1.00 bits per heavy atom. The van der Waals surface area contributed by atoms with Crippen LogP contribution >= 0.6 is 0 Å². The molecule has 1 aromatic heterocycles. The molecule has 0 radical (unpaired) electrons. The van der Waals surface area contributed by atoms with Gasteiger partial charge in [0.2, 0.25) is 21.8 Å². The molecule has 2 aromatic rings. The van der Waals surface area contributed by atoms with Gasteiger partial charge in [-0.2, -0.15) is 4.31 Å². The maximum atomic E-state index is 13.4. The number of fused-ring (bicyclic) bond motifs is 1. The first-order valence-corrected chi connectivity index (χ1v) is 14.0. The van der Waals surface area contributed by atoms with Crippen molar-refractivity contribution in [3.05, 3.63) is 53.9 Å². The van der Waals surface area contributed by atoms with Gasteiger partial charge in [-0.25, -0.2) is 8.42 Å². The average molecular weight is 497 g/mol. The van der Waals surface area contributed by atoms with Crippen LogP contribution in [0.25, 0.3) is 0 Å². The van der Waals surface area contributed by atoms with Crippen LogP contribution in [0.2, 0.25) is 0 Å². The number of piperidine rings is 1. The highest BCUT2D eigenvalue weighted by Crippen LogP contribution is 2.35. The summed E-state index contributed by atoms with van der Waals surface area (Å²) in [7, 11) is -3.66. The highest BCUT2D eigenvalue weighted by atomic mass is 32.2. The molecule has 8 nitrogen and oxygen atoms in total. The fraction of sp³-hybridized carbons (Fsp3) is 0.500. The van der Waals surface area contributed by atoms with Crippen molar-refractivity contribution in [2.24, 2.45) is 11.8 Å². The van der Waals surface area contributed by atoms with Crippen molar-refractivity contribution in [3.8, 4) is 0 Å². The Bertz CT molecular complexity index is 1190. The van der Waals surface area contributed by atoms with E-state index in [-0.39, 0.29) is 28.5 Å². The number of nitrogens with zero attached hydrogens (tertiary/aromatic N) is 3. The molecule has 1 saturated heterocycles. The number of anilines is 1. The van der Waals surface area contributed by atoms with Crippen molar-refractivity contribution in [3.63, 3.8) is 0 Å². The summed E-state index contributed by atoms with van der Waals surface area (Å²) in [6.45, 7) is 1.75. The molecular formula is C26H32N4O4S. The lowest BCUT2D eigenvalue weighted by atomic mass is 9.83. The summed E-state index contributed by atoms with van der Waals surface area (Å²) in [5.74, 6) is 0.0486. The predicted molar refractivity (Wildman–Crippen MR) is 132 cm³/mol. The minimum atomic E-state index is -3.66. The Kier molecular flexibility index (Phi) is 6.88. The molecule has 1 aliphatic carbocycles. The summed E-state index contributed by atoms with van der Waals surface area (Å²) in [5.41, 5.74) is 2.71. The Morgan fingerprint density at radius 3 is 2.49 bits per heavy atom. The van der Waals surface area contributed by atoms with Crippen molar-refractivity contribution in [1.82, 2.24) is 14.6 Å². The summed E-state index contributed by atoms with van der Waals surface area (Å²) in [4.78, 5) is 31.6. The third-order valence-corrected chi connectivity index (χ3v) is 9.44. The minimum Gasteiger partial charge on any atom is -0.352 e. The van der Waals surface area contributed by atoms with E-state index in [1.807, 2.05) is 17.0 Å². The molecule has 2 fully saturated rings. The van der Waals surface area contributed by atoms with Crippen molar-refractivity contribution >= 4 is 27.5 Å². The summed E-state index contributed by atoms with van der Waals surface area (Å²) >= 11 is 0. The summed E-state index contributed by atoms with van der Waals surface area (Å²) in [6, 6.07) is 8.92. The second kappa shape index (κ2) is 10.1. The second-order valence-corrected chi connectivity index (χ2v) is 11.7. The topological polar surface area (TPSA) is 99.7 Å². The van der Waals surface area contributed by atoms with E-state index in [1.165, 1.54) is 4.31 Å². The van der Waals surface area contributed by atoms with Crippen LogP contribution in [0, 0.1) is 11.8 Å². The van der Waals surface area contributed by atoms with Gasteiger partial charge in [0.05, 0.1) is 4.90 Å². The van der Waals surface area contributed by atoms with Gasteiger partial charge >= 0.3 is 0 Å². The van der Waals surface area contributed by atoms with Crippen molar-refractivity contribution < 1.29 is 18.0 Å². The van der Waals surface area contributed by atoms with Gasteiger partial charge in [0.1, 0.15) is 0 Å². The van der Waals surface area contributed by atoms with Gasteiger partial charge in [-0.1, -0.05) is 12.5 Å². The number of benzene rings is 1. The zero-order chi connectivity index (χ0) is 24.4. The van der Waals surface area contributed by atoms with Crippen molar-refractivity contribution in [2.75, 3.05) is 24.5 Å². The molecule has 3 heterocycles. The highest BCUT2D eigenvalue weighted by molar-refractivity contribution is 7.89. The van der Waals surface area contributed by atoms with Crippen LogP contribution in [0.1, 0.15) is 49.7 Å². The van der Waals surface area contributed by atoms with Crippen LogP contribution in [0.4, 0.5) is 5.69 Å². The molecule has 0 spiro atoms. The fourth-order valence-electron chi connectivity index (χ4n) is 5.18. The Balaban J connectivity index is 1.22. The second-order valence-electron chi connectivity index (χ2n) is 9.77. The van der Waals surface area contributed by atoms with Crippen LogP contribution in [-0.4, -0.2) is 49.2 Å². The van der Waals surface area contributed by atoms with Gasteiger partial charge in [0, 0.05) is 56.1 Å². The molecule has 9 heteroatoms. The number of hydrogen-bond acceptors (Lipinski definition) is 5. The lowest BCUT2D eigenvalue weighted by molar-refractivity contribution is -0.126. The van der Waals surface area contributed by atoms with Crippen molar-refractivity contribution in [1.29, 1.82) is 0 Å². The first-order chi connectivity index (χ1) is 16.9. The van der Waals surface area contributed by atoms with Gasteiger partial charge in [-0.3, -0.25) is 14.6 Å². The standard InChI is InChI=1S/C26H32N4O4S/c31-25(28-18-19-4-2-12-27-17-19)20-10-14-29(15-11-20)35(33,34)23-8-9-24-22(16-23)7-3-13-30(24)26(32)21-5-1-6-21/h2,4,8-9,12,16-17,20-21H,1,3,5-7,10-11,13-15,18H2,(H,28,31). The molecule has 1 aromatic carbocycles. The molecule has 2 aliphatic heterocycles. The summed E-state index contributed by atoms with van der Waals surface area (Å²) < 4.78 is 28.2. The number of amides is 2. The van der Waals surface area contributed by atoms with Gasteiger partial charge in [0.15, 0.2) is 0 Å². The third-order valence-electron chi connectivity index (χ3n) is 7.54. The van der Waals surface area contributed by atoms with E-state index in [0.29, 0.717) is 39.0 Å². The van der Waals surface area contributed by atoms with Gasteiger partial charge in [0.25, 0.3) is 0 Å². The van der Waals surface area contributed by atoms with Crippen LogP contribution < -0.4 is 10.2 Å². The number of carbonyl (C=O) groups is 2. The lowest BCUT2D eigenvalue weighted by Gasteiger charge is -2.35.